The van der Waals surface area contributed by atoms with Crippen molar-refractivity contribution in [3.8, 4) is 5.75 Å². The highest BCUT2D eigenvalue weighted by molar-refractivity contribution is 7.27. The average molecular weight is 466 g/mol. The molecule has 2 N–H and O–H groups in total. The van der Waals surface area contributed by atoms with E-state index in [9.17, 15) is 0 Å². The SMILES string of the molecule is Cc1ccc2c(c1)nc(N)c1ncc(CCc3ccc(OCc4cccc(P)c4)cc3C)cc12. The van der Waals surface area contributed by atoms with Crippen molar-refractivity contribution in [1.29, 1.82) is 0 Å². The smallest absolute Gasteiger partial charge is 0.150 e. The van der Waals surface area contributed by atoms with E-state index in [1.165, 1.54) is 22.3 Å². The largest absolute Gasteiger partial charge is 0.489 e. The Bertz CT molecular complexity index is 1510. The molecule has 0 spiro atoms. The van der Waals surface area contributed by atoms with Gasteiger partial charge in [0.1, 0.15) is 17.9 Å². The van der Waals surface area contributed by atoms with Crippen LogP contribution in [0.4, 0.5) is 5.82 Å². The second-order valence-corrected chi connectivity index (χ2v) is 9.55. The predicted octanol–water partition coefficient (Wildman–Crippen LogP) is 5.85. The number of nitrogen functional groups attached to an aromatic ring is 1. The lowest BCUT2D eigenvalue weighted by Gasteiger charge is -2.12. The number of anilines is 1. The molecule has 0 aliphatic rings. The Kier molecular flexibility index (Phi) is 6.17. The summed E-state index contributed by atoms with van der Waals surface area (Å²) in [5, 5.41) is 3.32. The molecule has 0 saturated carbocycles. The van der Waals surface area contributed by atoms with Crippen molar-refractivity contribution < 1.29 is 4.74 Å². The fourth-order valence-corrected chi connectivity index (χ4v) is 4.69. The van der Waals surface area contributed by atoms with E-state index in [0.29, 0.717) is 12.4 Å². The monoisotopic (exact) mass is 465 g/mol. The molecule has 1 atom stereocenters. The van der Waals surface area contributed by atoms with Gasteiger partial charge in [-0.05, 0) is 90.1 Å². The third-order valence-electron chi connectivity index (χ3n) is 6.22. The van der Waals surface area contributed by atoms with Gasteiger partial charge in [0.05, 0.1) is 5.52 Å². The fraction of sp³-hybridized carbons (Fsp3) is 0.172. The molecule has 4 nitrogen and oxygen atoms in total. The van der Waals surface area contributed by atoms with Gasteiger partial charge in [0.2, 0.25) is 0 Å². The maximum atomic E-state index is 6.20. The summed E-state index contributed by atoms with van der Waals surface area (Å²) in [7, 11) is 2.73. The number of aryl methyl sites for hydroxylation is 4. The molecule has 3 aromatic carbocycles. The van der Waals surface area contributed by atoms with E-state index in [1.807, 2.05) is 12.3 Å². The van der Waals surface area contributed by atoms with E-state index < -0.39 is 0 Å². The molecule has 5 aromatic rings. The van der Waals surface area contributed by atoms with Crippen LogP contribution in [-0.4, -0.2) is 9.97 Å². The molecule has 0 aliphatic heterocycles. The molecule has 5 rings (SSSR count). The molecule has 170 valence electrons. The van der Waals surface area contributed by atoms with Crippen molar-refractivity contribution in [1.82, 2.24) is 9.97 Å². The van der Waals surface area contributed by atoms with Gasteiger partial charge in [-0.3, -0.25) is 4.98 Å². The fourth-order valence-electron chi connectivity index (χ4n) is 4.37. The predicted molar refractivity (Wildman–Crippen MR) is 145 cm³/mol. The molecular formula is C29H28N3OP. The number of rotatable bonds is 6. The summed E-state index contributed by atoms with van der Waals surface area (Å²) in [4.78, 5) is 9.20. The standard InChI is InChI=1S/C29H28N3OP/c1-18-6-11-25-26-15-20(16-31-28(26)29(30)32-27(25)12-18)7-8-22-9-10-23(13-19(22)2)33-17-21-4-3-5-24(34)14-21/h3-6,9-16H,7-8,17,34H2,1-2H3,(H2,30,32). The number of fused-ring (bicyclic) bond motifs is 3. The molecule has 2 heterocycles. The molecular weight excluding hydrogens is 437 g/mol. The number of benzene rings is 3. The zero-order valence-electron chi connectivity index (χ0n) is 19.5. The minimum absolute atomic E-state index is 0.482. The summed E-state index contributed by atoms with van der Waals surface area (Å²) in [6.45, 7) is 4.78. The second-order valence-electron chi connectivity index (χ2n) is 8.88. The van der Waals surface area contributed by atoms with E-state index >= 15 is 0 Å². The topological polar surface area (TPSA) is 61.0 Å². The van der Waals surface area contributed by atoms with Crippen LogP contribution in [0.5, 0.6) is 5.75 Å². The van der Waals surface area contributed by atoms with Crippen LogP contribution in [0.2, 0.25) is 0 Å². The Morgan fingerprint density at radius 1 is 0.882 bits per heavy atom. The lowest BCUT2D eigenvalue weighted by molar-refractivity contribution is 0.306. The van der Waals surface area contributed by atoms with Crippen molar-refractivity contribution in [3.63, 3.8) is 0 Å². The zero-order chi connectivity index (χ0) is 23.7. The molecule has 0 amide bonds. The summed E-state index contributed by atoms with van der Waals surface area (Å²) in [6, 6.07) is 23.2. The summed E-state index contributed by atoms with van der Waals surface area (Å²) in [5.74, 6) is 1.38. The first-order chi connectivity index (χ1) is 16.5. The molecule has 0 radical (unpaired) electrons. The third kappa shape index (κ3) is 4.73. The number of hydrogen-bond donors (Lipinski definition) is 1. The first-order valence-corrected chi connectivity index (χ1v) is 12.1. The molecule has 1 unspecified atom stereocenters. The van der Waals surface area contributed by atoms with Crippen molar-refractivity contribution >= 4 is 42.2 Å². The zero-order valence-corrected chi connectivity index (χ0v) is 20.7. The van der Waals surface area contributed by atoms with Gasteiger partial charge in [0, 0.05) is 17.0 Å². The van der Waals surface area contributed by atoms with Crippen LogP contribution in [0, 0.1) is 13.8 Å². The first kappa shape index (κ1) is 22.3. The number of hydrogen-bond acceptors (Lipinski definition) is 4. The Morgan fingerprint density at radius 3 is 2.59 bits per heavy atom. The van der Waals surface area contributed by atoms with Crippen molar-refractivity contribution in [2.45, 2.75) is 33.3 Å². The van der Waals surface area contributed by atoms with Crippen molar-refractivity contribution in [2.24, 2.45) is 0 Å². The molecule has 0 fully saturated rings. The lowest BCUT2D eigenvalue weighted by atomic mass is 9.99. The average Bonchev–Trinajstić information content (AvgIpc) is 2.82. The number of nitrogens with zero attached hydrogens (tertiary/aromatic N) is 2. The number of pyridine rings is 2. The van der Waals surface area contributed by atoms with Crippen molar-refractivity contribution in [2.75, 3.05) is 5.73 Å². The molecule has 2 aromatic heterocycles. The van der Waals surface area contributed by atoms with Crippen LogP contribution in [0.25, 0.3) is 21.8 Å². The molecule has 34 heavy (non-hydrogen) atoms. The van der Waals surface area contributed by atoms with Gasteiger partial charge < -0.3 is 10.5 Å². The number of nitrogens with two attached hydrogens (primary N) is 1. The van der Waals surface area contributed by atoms with E-state index in [2.05, 4.69) is 93.7 Å². The Hall–Kier alpha value is -3.49. The number of ether oxygens (including phenoxy) is 1. The highest BCUT2D eigenvalue weighted by Gasteiger charge is 2.10. The first-order valence-electron chi connectivity index (χ1n) is 11.5. The molecule has 0 aliphatic carbocycles. The van der Waals surface area contributed by atoms with E-state index in [4.69, 9.17) is 10.5 Å². The third-order valence-corrected chi connectivity index (χ3v) is 6.58. The minimum atomic E-state index is 0.482. The molecule has 0 saturated heterocycles. The van der Waals surface area contributed by atoms with Crippen LogP contribution in [0.1, 0.15) is 27.8 Å². The van der Waals surface area contributed by atoms with Gasteiger partial charge in [-0.1, -0.05) is 36.4 Å². The quantitative estimate of drug-likeness (QED) is 0.253. The lowest BCUT2D eigenvalue weighted by Crippen LogP contribution is -2.01. The van der Waals surface area contributed by atoms with E-state index in [0.717, 1.165) is 51.3 Å². The van der Waals surface area contributed by atoms with Crippen LogP contribution in [0.15, 0.2) is 72.9 Å². The maximum Gasteiger partial charge on any atom is 0.150 e. The summed E-state index contributed by atoms with van der Waals surface area (Å²) in [6.07, 6.45) is 3.76. The van der Waals surface area contributed by atoms with Gasteiger partial charge in [0.15, 0.2) is 5.82 Å². The van der Waals surface area contributed by atoms with Gasteiger partial charge in [0.25, 0.3) is 0 Å². The van der Waals surface area contributed by atoms with Crippen LogP contribution < -0.4 is 15.8 Å². The van der Waals surface area contributed by atoms with Crippen LogP contribution >= 0.6 is 9.24 Å². The Morgan fingerprint density at radius 2 is 1.76 bits per heavy atom. The summed E-state index contributed by atoms with van der Waals surface area (Å²) >= 11 is 0. The normalized spacial score (nSPS) is 11.3. The second kappa shape index (κ2) is 9.40. The maximum absolute atomic E-state index is 6.20. The molecule has 0 bridgehead atoms. The minimum Gasteiger partial charge on any atom is -0.489 e. The summed E-state index contributed by atoms with van der Waals surface area (Å²) < 4.78 is 6.02. The van der Waals surface area contributed by atoms with Crippen LogP contribution in [-0.2, 0) is 19.4 Å². The summed E-state index contributed by atoms with van der Waals surface area (Å²) in [5.41, 5.74) is 14.0. The number of aromatic nitrogens is 2. The van der Waals surface area contributed by atoms with Crippen molar-refractivity contribution in [3.05, 3.63) is 101 Å². The Balaban J connectivity index is 1.32. The van der Waals surface area contributed by atoms with Gasteiger partial charge in [-0.15, -0.1) is 9.24 Å². The van der Waals surface area contributed by atoms with E-state index in [-0.39, 0.29) is 0 Å². The van der Waals surface area contributed by atoms with Crippen LogP contribution in [0.3, 0.4) is 0 Å². The van der Waals surface area contributed by atoms with Gasteiger partial charge in [-0.2, -0.15) is 0 Å². The molecule has 5 heteroatoms. The Labute approximate surface area is 202 Å². The highest BCUT2D eigenvalue weighted by atomic mass is 31.0. The van der Waals surface area contributed by atoms with E-state index in [1.54, 1.807) is 0 Å². The van der Waals surface area contributed by atoms with Gasteiger partial charge in [-0.25, -0.2) is 4.98 Å². The van der Waals surface area contributed by atoms with Gasteiger partial charge >= 0.3 is 0 Å². The highest BCUT2D eigenvalue weighted by Crippen LogP contribution is 2.28.